The van der Waals surface area contributed by atoms with Gasteiger partial charge in [0.2, 0.25) is 0 Å². The van der Waals surface area contributed by atoms with Crippen LogP contribution in [0.3, 0.4) is 0 Å². The number of aromatic nitrogens is 3. The molecule has 0 fully saturated rings. The molecule has 0 amide bonds. The van der Waals surface area contributed by atoms with E-state index in [1.807, 2.05) is 0 Å². The molecule has 0 aliphatic carbocycles. The highest BCUT2D eigenvalue weighted by atomic mass is 32.2. The molecule has 0 N–H and O–H groups in total. The number of sulfonamides is 1. The van der Waals surface area contributed by atoms with Crippen LogP contribution in [0.25, 0.3) is 5.69 Å². The van der Waals surface area contributed by atoms with Gasteiger partial charge < -0.3 is 0 Å². The molecule has 0 spiro atoms. The second kappa shape index (κ2) is 9.40. The van der Waals surface area contributed by atoms with Crippen molar-refractivity contribution < 1.29 is 18.0 Å². The molecule has 4 rings (SSSR count). The maximum absolute atomic E-state index is 13.5. The van der Waals surface area contributed by atoms with Crippen molar-refractivity contribution in [1.82, 2.24) is 15.0 Å². The standard InChI is InChI=1S/C25H22N4O4S/c1-18(30)20-8-12-23(13-9-20)28-16-22(26-27-28)17-29(24-14-10-21(11-15-24)19(2)31)34(32,33)25-6-4-3-5-7-25/h3-16H,17H2,1-2H3. The first-order valence-corrected chi connectivity index (χ1v) is 11.9. The molecule has 0 saturated carbocycles. The van der Waals surface area contributed by atoms with Crippen LogP contribution < -0.4 is 4.31 Å². The Morgan fingerprint density at radius 1 is 0.824 bits per heavy atom. The Kier molecular flexibility index (Phi) is 6.38. The maximum atomic E-state index is 13.5. The predicted octanol–water partition coefficient (Wildman–Crippen LogP) is 4.07. The minimum absolute atomic E-state index is 0.0385. The van der Waals surface area contributed by atoms with E-state index >= 15 is 0 Å². The smallest absolute Gasteiger partial charge is 0.264 e. The third-order valence-corrected chi connectivity index (χ3v) is 7.07. The molecule has 0 bridgehead atoms. The Morgan fingerprint density at radius 3 is 1.94 bits per heavy atom. The van der Waals surface area contributed by atoms with E-state index in [9.17, 15) is 18.0 Å². The monoisotopic (exact) mass is 474 g/mol. The lowest BCUT2D eigenvalue weighted by Crippen LogP contribution is -2.30. The Balaban J connectivity index is 1.69. The molecule has 0 aliphatic rings. The molecular weight excluding hydrogens is 452 g/mol. The first kappa shape index (κ1) is 23.1. The Hall–Kier alpha value is -4.11. The van der Waals surface area contributed by atoms with E-state index in [0.29, 0.717) is 28.2 Å². The van der Waals surface area contributed by atoms with Crippen LogP contribution in [-0.2, 0) is 16.6 Å². The van der Waals surface area contributed by atoms with Gasteiger partial charge in [-0.05, 0) is 74.5 Å². The van der Waals surface area contributed by atoms with Gasteiger partial charge in [0, 0.05) is 11.1 Å². The zero-order valence-electron chi connectivity index (χ0n) is 18.6. The Bertz CT molecular complexity index is 1430. The van der Waals surface area contributed by atoms with Crippen molar-refractivity contribution in [3.8, 4) is 5.69 Å². The van der Waals surface area contributed by atoms with Crippen LogP contribution in [0.1, 0.15) is 40.3 Å². The third kappa shape index (κ3) is 4.79. The SMILES string of the molecule is CC(=O)c1ccc(N(Cc2cn(-c3ccc(C(C)=O)cc3)nn2)S(=O)(=O)c2ccccc2)cc1. The molecule has 1 heterocycles. The Labute approximate surface area is 197 Å². The summed E-state index contributed by atoms with van der Waals surface area (Å²) in [4.78, 5) is 23.3. The summed E-state index contributed by atoms with van der Waals surface area (Å²) in [6.07, 6.45) is 1.64. The van der Waals surface area contributed by atoms with Gasteiger partial charge in [0.1, 0.15) is 5.69 Å². The number of nitrogens with zero attached hydrogens (tertiary/aromatic N) is 4. The van der Waals surface area contributed by atoms with Crippen LogP contribution in [0, 0.1) is 0 Å². The molecule has 0 aliphatic heterocycles. The molecular formula is C25H22N4O4S. The van der Waals surface area contributed by atoms with E-state index in [4.69, 9.17) is 0 Å². The number of hydrogen-bond donors (Lipinski definition) is 0. The van der Waals surface area contributed by atoms with Gasteiger partial charge in [-0.2, -0.15) is 0 Å². The highest BCUT2D eigenvalue weighted by molar-refractivity contribution is 7.92. The van der Waals surface area contributed by atoms with Gasteiger partial charge in [-0.1, -0.05) is 23.4 Å². The average Bonchev–Trinajstić information content (AvgIpc) is 3.32. The van der Waals surface area contributed by atoms with Gasteiger partial charge in [0.05, 0.1) is 29.0 Å². The molecule has 0 atom stereocenters. The zero-order valence-corrected chi connectivity index (χ0v) is 19.4. The number of carbonyl (C=O) groups excluding carboxylic acids is 2. The maximum Gasteiger partial charge on any atom is 0.264 e. The van der Waals surface area contributed by atoms with E-state index in [-0.39, 0.29) is 23.0 Å². The number of hydrogen-bond acceptors (Lipinski definition) is 6. The number of benzene rings is 3. The van der Waals surface area contributed by atoms with Gasteiger partial charge in [-0.3, -0.25) is 13.9 Å². The highest BCUT2D eigenvalue weighted by Crippen LogP contribution is 2.26. The van der Waals surface area contributed by atoms with Crippen molar-refractivity contribution >= 4 is 27.3 Å². The van der Waals surface area contributed by atoms with Crippen molar-refractivity contribution in [1.29, 1.82) is 0 Å². The topological polar surface area (TPSA) is 102 Å². The molecule has 34 heavy (non-hydrogen) atoms. The molecule has 4 aromatic rings. The molecule has 9 heteroatoms. The molecule has 0 unspecified atom stereocenters. The molecule has 3 aromatic carbocycles. The number of carbonyl (C=O) groups is 2. The molecule has 0 saturated heterocycles. The number of rotatable bonds is 8. The lowest BCUT2D eigenvalue weighted by molar-refractivity contribution is 0.100. The van der Waals surface area contributed by atoms with Crippen LogP contribution in [0.4, 0.5) is 5.69 Å². The van der Waals surface area contributed by atoms with Crippen molar-refractivity contribution in [2.45, 2.75) is 25.3 Å². The summed E-state index contributed by atoms with van der Waals surface area (Å²) in [6.45, 7) is 2.88. The van der Waals surface area contributed by atoms with E-state index in [0.717, 1.165) is 0 Å². The summed E-state index contributed by atoms with van der Waals surface area (Å²) in [5.74, 6) is -0.147. The van der Waals surface area contributed by atoms with Gasteiger partial charge >= 0.3 is 0 Å². The van der Waals surface area contributed by atoms with E-state index < -0.39 is 10.0 Å². The van der Waals surface area contributed by atoms with Crippen LogP contribution in [0.15, 0.2) is 90.0 Å². The summed E-state index contributed by atoms with van der Waals surface area (Å²) in [6, 6.07) is 21.4. The van der Waals surface area contributed by atoms with Gasteiger partial charge in [0.25, 0.3) is 10.0 Å². The second-order valence-corrected chi connectivity index (χ2v) is 9.55. The first-order valence-electron chi connectivity index (χ1n) is 10.5. The average molecular weight is 475 g/mol. The summed E-state index contributed by atoms with van der Waals surface area (Å²) >= 11 is 0. The quantitative estimate of drug-likeness (QED) is 0.357. The van der Waals surface area contributed by atoms with E-state index in [1.165, 1.54) is 35.0 Å². The Morgan fingerprint density at radius 2 is 1.38 bits per heavy atom. The number of ketones is 2. The van der Waals surface area contributed by atoms with Gasteiger partial charge in [0.15, 0.2) is 11.6 Å². The lowest BCUT2D eigenvalue weighted by Gasteiger charge is -2.23. The van der Waals surface area contributed by atoms with Crippen molar-refractivity contribution in [2.75, 3.05) is 4.31 Å². The van der Waals surface area contributed by atoms with Crippen molar-refractivity contribution in [2.24, 2.45) is 0 Å². The van der Waals surface area contributed by atoms with Crippen LogP contribution in [-0.4, -0.2) is 35.0 Å². The first-order chi connectivity index (χ1) is 16.3. The lowest BCUT2D eigenvalue weighted by atomic mass is 10.1. The number of Topliss-reactive ketones (excluding diaryl/α,β-unsaturated/α-hetero) is 2. The molecule has 0 radical (unpaired) electrons. The zero-order chi connectivity index (χ0) is 24.3. The third-order valence-electron chi connectivity index (χ3n) is 5.28. The van der Waals surface area contributed by atoms with Crippen molar-refractivity contribution in [3.63, 3.8) is 0 Å². The fourth-order valence-electron chi connectivity index (χ4n) is 3.39. The van der Waals surface area contributed by atoms with Gasteiger partial charge in [-0.25, -0.2) is 13.1 Å². The molecule has 1 aromatic heterocycles. The summed E-state index contributed by atoms with van der Waals surface area (Å²) in [5, 5.41) is 8.27. The largest absolute Gasteiger partial charge is 0.295 e. The molecule has 172 valence electrons. The summed E-state index contributed by atoms with van der Waals surface area (Å²) < 4.78 is 29.8. The highest BCUT2D eigenvalue weighted by Gasteiger charge is 2.26. The minimum atomic E-state index is -3.92. The summed E-state index contributed by atoms with van der Waals surface area (Å²) in [5.41, 5.74) is 2.58. The van der Waals surface area contributed by atoms with Crippen molar-refractivity contribution in [3.05, 3.63) is 102 Å². The minimum Gasteiger partial charge on any atom is -0.295 e. The van der Waals surface area contributed by atoms with E-state index in [2.05, 4.69) is 10.3 Å². The fraction of sp³-hybridized carbons (Fsp3) is 0.120. The fourth-order valence-corrected chi connectivity index (χ4v) is 4.85. The normalized spacial score (nSPS) is 11.2. The second-order valence-electron chi connectivity index (χ2n) is 7.69. The van der Waals surface area contributed by atoms with Gasteiger partial charge in [-0.15, -0.1) is 5.10 Å². The molecule has 8 nitrogen and oxygen atoms in total. The number of anilines is 1. The van der Waals surface area contributed by atoms with Crippen LogP contribution >= 0.6 is 0 Å². The predicted molar refractivity (Wildman–Crippen MR) is 128 cm³/mol. The van der Waals surface area contributed by atoms with Crippen LogP contribution in [0.5, 0.6) is 0 Å². The summed E-state index contributed by atoms with van der Waals surface area (Å²) in [7, 11) is -3.92. The van der Waals surface area contributed by atoms with E-state index in [1.54, 1.807) is 72.9 Å². The van der Waals surface area contributed by atoms with Crippen LogP contribution in [0.2, 0.25) is 0 Å².